The van der Waals surface area contributed by atoms with Crippen LogP contribution in [0.5, 0.6) is 0 Å². The molecule has 0 bridgehead atoms. The molecular weight excluding hydrogens is 625 g/mol. The topological polar surface area (TPSA) is 0 Å². The summed E-state index contributed by atoms with van der Waals surface area (Å²) in [4.78, 5) is 0. The number of benzene rings is 11. The maximum Gasteiger partial charge on any atom is 0.0629 e. The molecule has 0 aromatic heterocycles. The molecule has 0 spiro atoms. The van der Waals surface area contributed by atoms with E-state index < -0.39 is 6.04 Å². The summed E-state index contributed by atoms with van der Waals surface area (Å²) in [6.45, 7) is 0. The first kappa shape index (κ1) is 24.4. The molecule has 11 aromatic rings. The summed E-state index contributed by atoms with van der Waals surface area (Å²) in [7, 11) is 0. The first-order valence-corrected chi connectivity index (χ1v) is 17.7. The van der Waals surface area contributed by atoms with Crippen LogP contribution in [0.3, 0.4) is 0 Å². The first-order chi connectivity index (χ1) is 27.9. The largest absolute Gasteiger partial charge is 0.0629 e. The third-order valence-corrected chi connectivity index (χ3v) is 10.8. The second-order valence-corrected chi connectivity index (χ2v) is 13.7. The highest BCUT2D eigenvalue weighted by molar-refractivity contribution is 6.26. The molecule has 0 nitrogen and oxygen atoms in total. The van der Waals surface area contributed by atoms with Crippen molar-refractivity contribution in [3.63, 3.8) is 0 Å². The molecule has 0 fully saturated rings. The third kappa shape index (κ3) is 4.41. The molecule has 0 saturated carbocycles. The van der Waals surface area contributed by atoms with E-state index in [2.05, 4.69) is 127 Å². The van der Waals surface area contributed by atoms with E-state index in [1.54, 1.807) is 0 Å². The summed E-state index contributed by atoms with van der Waals surface area (Å²) in [6, 6.07) is 56.3. The van der Waals surface area contributed by atoms with Gasteiger partial charge < -0.3 is 0 Å². The van der Waals surface area contributed by atoms with Crippen LogP contribution in [0.2, 0.25) is 0 Å². The van der Waals surface area contributed by atoms with Crippen molar-refractivity contribution in [2.24, 2.45) is 0 Å². The van der Waals surface area contributed by atoms with Gasteiger partial charge in [-0.2, -0.15) is 0 Å². The SMILES string of the molecule is [2H]c1c([2H])c([2H])c(-c2c3ccccc3c(-c3ccc4cc(-c5ccc6ccc7cccc8ccc5c6c78)ccc4c3)c3ccc(-c4ccccc4)cc23)c([2H])c1[2H]. The van der Waals surface area contributed by atoms with E-state index in [-0.39, 0.29) is 29.7 Å². The molecule has 240 valence electrons. The van der Waals surface area contributed by atoms with Gasteiger partial charge in [0.1, 0.15) is 0 Å². The van der Waals surface area contributed by atoms with E-state index in [4.69, 9.17) is 6.85 Å². The highest BCUT2D eigenvalue weighted by atomic mass is 14.2. The van der Waals surface area contributed by atoms with E-state index in [1.165, 1.54) is 43.4 Å². The Bertz CT molecular complexity index is 3410. The van der Waals surface area contributed by atoms with Gasteiger partial charge in [0.25, 0.3) is 0 Å². The minimum absolute atomic E-state index is 0.205. The highest BCUT2D eigenvalue weighted by Gasteiger charge is 2.18. The molecular formula is C52H32. The van der Waals surface area contributed by atoms with Crippen LogP contribution < -0.4 is 0 Å². The zero-order chi connectivity index (χ0) is 38.5. The predicted molar refractivity (Wildman–Crippen MR) is 224 cm³/mol. The Kier molecular flexibility index (Phi) is 5.34. The first-order valence-electron chi connectivity index (χ1n) is 20.2. The molecule has 11 aromatic carbocycles. The molecule has 0 heteroatoms. The maximum atomic E-state index is 9.06. The fraction of sp³-hybridized carbons (Fsp3) is 0. The summed E-state index contributed by atoms with van der Waals surface area (Å²) < 4.78 is 43.6. The molecule has 0 atom stereocenters. The average molecular weight is 662 g/mol. The molecule has 0 aliphatic heterocycles. The van der Waals surface area contributed by atoms with Gasteiger partial charge in [-0.1, -0.05) is 176 Å². The number of fused-ring (bicyclic) bond motifs is 3. The van der Waals surface area contributed by atoms with Crippen molar-refractivity contribution in [3.8, 4) is 44.5 Å². The standard InChI is InChI=1S/C52H32/c1-3-10-33(11-4-1)40-26-29-47-48(32-40)50(34-12-5-2-6-13-34)44-16-7-8-17-45(44)51(47)42-23-21-38-30-41(22-20-39(38)31-42)43-27-24-37-19-18-35-14-9-15-36-25-28-46(43)52(37)49(35)36/h1-32H/i2D,5D,6D,12D,13D. The van der Waals surface area contributed by atoms with Crippen molar-refractivity contribution >= 4 is 64.6 Å². The van der Waals surface area contributed by atoms with Crippen molar-refractivity contribution in [1.29, 1.82) is 0 Å². The number of hydrogen-bond acceptors (Lipinski definition) is 0. The molecule has 0 radical (unpaired) electrons. The summed E-state index contributed by atoms with van der Waals surface area (Å²) in [5.74, 6) is 0. The average Bonchev–Trinajstić information content (AvgIpc) is 3.26. The molecule has 0 heterocycles. The van der Waals surface area contributed by atoms with Crippen molar-refractivity contribution < 1.29 is 6.85 Å². The van der Waals surface area contributed by atoms with Crippen LogP contribution in [-0.4, -0.2) is 0 Å². The Labute approximate surface area is 309 Å². The van der Waals surface area contributed by atoms with E-state index in [0.717, 1.165) is 54.6 Å². The van der Waals surface area contributed by atoms with Gasteiger partial charge in [0, 0.05) is 0 Å². The summed E-state index contributed by atoms with van der Waals surface area (Å²) >= 11 is 0. The van der Waals surface area contributed by atoms with Gasteiger partial charge in [0.05, 0.1) is 6.85 Å². The lowest BCUT2D eigenvalue weighted by Crippen LogP contribution is -1.92. The van der Waals surface area contributed by atoms with Gasteiger partial charge >= 0.3 is 0 Å². The quantitative estimate of drug-likeness (QED) is 0.130. The second kappa shape index (κ2) is 11.4. The van der Waals surface area contributed by atoms with Crippen LogP contribution in [0.15, 0.2) is 194 Å². The molecule has 0 saturated heterocycles. The summed E-state index contributed by atoms with van der Waals surface area (Å²) in [5, 5.41) is 13.4. The smallest absolute Gasteiger partial charge is 0.0622 e. The normalized spacial score (nSPS) is 13.2. The number of rotatable bonds is 4. The molecule has 0 aliphatic rings. The zero-order valence-corrected chi connectivity index (χ0v) is 28.1. The molecule has 11 rings (SSSR count). The molecule has 52 heavy (non-hydrogen) atoms. The van der Waals surface area contributed by atoms with Crippen LogP contribution in [0.1, 0.15) is 6.85 Å². The molecule has 0 N–H and O–H groups in total. The lowest BCUT2D eigenvalue weighted by atomic mass is 9.84. The van der Waals surface area contributed by atoms with E-state index >= 15 is 0 Å². The summed E-state index contributed by atoms with van der Waals surface area (Å²) in [6.07, 6.45) is 0. The molecule has 0 unspecified atom stereocenters. The lowest BCUT2D eigenvalue weighted by Gasteiger charge is -2.19. The highest BCUT2D eigenvalue weighted by Crippen LogP contribution is 2.46. The predicted octanol–water partition coefficient (Wildman–Crippen LogP) is 14.7. The van der Waals surface area contributed by atoms with Crippen molar-refractivity contribution in [2.75, 3.05) is 0 Å². The van der Waals surface area contributed by atoms with Crippen LogP contribution in [0, 0.1) is 0 Å². The number of hydrogen-bond donors (Lipinski definition) is 0. The zero-order valence-electron chi connectivity index (χ0n) is 33.1. The van der Waals surface area contributed by atoms with E-state index in [0.29, 0.717) is 5.56 Å². The Balaban J connectivity index is 1.14. The Morgan fingerprint density at radius 1 is 0.288 bits per heavy atom. The Hall–Kier alpha value is -6.76. The third-order valence-electron chi connectivity index (χ3n) is 10.8. The van der Waals surface area contributed by atoms with Gasteiger partial charge in [0.15, 0.2) is 0 Å². The van der Waals surface area contributed by atoms with Gasteiger partial charge in [-0.15, -0.1) is 0 Å². The second-order valence-electron chi connectivity index (χ2n) is 13.7. The Morgan fingerprint density at radius 2 is 0.846 bits per heavy atom. The van der Waals surface area contributed by atoms with Crippen LogP contribution in [0.4, 0.5) is 0 Å². The lowest BCUT2D eigenvalue weighted by molar-refractivity contribution is 1.63. The van der Waals surface area contributed by atoms with Crippen LogP contribution in [0.25, 0.3) is 109 Å². The van der Waals surface area contributed by atoms with Gasteiger partial charge in [-0.25, -0.2) is 0 Å². The van der Waals surface area contributed by atoms with Crippen LogP contribution in [-0.2, 0) is 0 Å². The van der Waals surface area contributed by atoms with Crippen molar-refractivity contribution in [3.05, 3.63) is 194 Å². The van der Waals surface area contributed by atoms with E-state index in [9.17, 15) is 0 Å². The van der Waals surface area contributed by atoms with E-state index in [1.807, 2.05) is 36.4 Å². The van der Waals surface area contributed by atoms with Crippen LogP contribution >= 0.6 is 0 Å². The summed E-state index contributed by atoms with van der Waals surface area (Å²) in [5.41, 5.74) is 7.31. The fourth-order valence-corrected chi connectivity index (χ4v) is 8.50. The van der Waals surface area contributed by atoms with Gasteiger partial charge in [-0.05, 0) is 127 Å². The maximum absolute atomic E-state index is 9.06. The van der Waals surface area contributed by atoms with Gasteiger partial charge in [0.2, 0.25) is 0 Å². The minimum atomic E-state index is -0.401. The minimum Gasteiger partial charge on any atom is -0.0622 e. The molecule has 0 amide bonds. The van der Waals surface area contributed by atoms with Crippen molar-refractivity contribution in [2.45, 2.75) is 0 Å². The van der Waals surface area contributed by atoms with Crippen molar-refractivity contribution in [1.82, 2.24) is 0 Å². The molecule has 0 aliphatic carbocycles. The monoisotopic (exact) mass is 661 g/mol. The Morgan fingerprint density at radius 3 is 1.62 bits per heavy atom. The van der Waals surface area contributed by atoms with Gasteiger partial charge in [-0.3, -0.25) is 0 Å². The fourth-order valence-electron chi connectivity index (χ4n) is 8.50.